The minimum atomic E-state index is -0.00925. The quantitative estimate of drug-likeness (QED) is 0.897. The van der Waals surface area contributed by atoms with E-state index in [4.69, 9.17) is 0 Å². The van der Waals surface area contributed by atoms with Crippen molar-refractivity contribution in [3.63, 3.8) is 0 Å². The van der Waals surface area contributed by atoms with E-state index in [9.17, 15) is 0 Å². The molecule has 1 N–H and O–H groups in total. The van der Waals surface area contributed by atoms with Crippen LogP contribution in [0.3, 0.4) is 0 Å². The van der Waals surface area contributed by atoms with Gasteiger partial charge in [0.15, 0.2) is 0 Å². The zero-order valence-electron chi connectivity index (χ0n) is 11.2. The van der Waals surface area contributed by atoms with Crippen molar-refractivity contribution in [2.75, 3.05) is 0 Å². The molecule has 0 aliphatic rings. The summed E-state index contributed by atoms with van der Waals surface area (Å²) in [6, 6.07) is 10.3. The van der Waals surface area contributed by atoms with E-state index in [-0.39, 0.29) is 5.54 Å². The fourth-order valence-electron chi connectivity index (χ4n) is 1.64. The first-order chi connectivity index (χ1) is 8.55. The predicted octanol–water partition coefficient (Wildman–Crippen LogP) is 2.32. The van der Waals surface area contributed by atoms with Gasteiger partial charge in [-0.3, -0.25) is 0 Å². The molecule has 0 radical (unpaired) electrons. The summed E-state index contributed by atoms with van der Waals surface area (Å²) in [7, 11) is 0. The maximum atomic E-state index is 4.16. The molecule has 2 rings (SSSR count). The van der Waals surface area contributed by atoms with Crippen LogP contribution >= 0.6 is 0 Å². The maximum absolute atomic E-state index is 4.16. The molecule has 0 aliphatic heterocycles. The van der Waals surface area contributed by atoms with E-state index in [2.05, 4.69) is 48.5 Å². The normalized spacial score (nSPS) is 11.7. The molecule has 0 saturated heterocycles. The molecule has 0 spiro atoms. The molecule has 0 aliphatic carbocycles. The lowest BCUT2D eigenvalue weighted by Gasteiger charge is -2.17. The SMILES string of the molecule is CC(C)(C)n1cc(CNCc2ccccc2)nn1. The van der Waals surface area contributed by atoms with Gasteiger partial charge in [0, 0.05) is 13.1 Å². The zero-order chi connectivity index (χ0) is 13.0. The van der Waals surface area contributed by atoms with E-state index in [0.29, 0.717) is 0 Å². The highest BCUT2D eigenvalue weighted by Gasteiger charge is 2.14. The Bertz CT molecular complexity index is 482. The van der Waals surface area contributed by atoms with E-state index in [1.54, 1.807) is 0 Å². The Kier molecular flexibility index (Phi) is 3.77. The molecule has 1 aromatic heterocycles. The van der Waals surface area contributed by atoms with Crippen molar-refractivity contribution in [1.82, 2.24) is 20.3 Å². The average Bonchev–Trinajstić information content (AvgIpc) is 2.79. The molecule has 1 aromatic carbocycles. The molecule has 2 aromatic rings. The van der Waals surface area contributed by atoms with Gasteiger partial charge in [0.05, 0.1) is 17.4 Å². The van der Waals surface area contributed by atoms with Crippen molar-refractivity contribution in [2.45, 2.75) is 39.4 Å². The van der Waals surface area contributed by atoms with Gasteiger partial charge in [-0.2, -0.15) is 0 Å². The van der Waals surface area contributed by atoms with Gasteiger partial charge in [0.2, 0.25) is 0 Å². The largest absolute Gasteiger partial charge is 0.307 e. The van der Waals surface area contributed by atoms with Crippen LogP contribution in [0.1, 0.15) is 32.0 Å². The zero-order valence-corrected chi connectivity index (χ0v) is 11.2. The summed E-state index contributed by atoms with van der Waals surface area (Å²) >= 11 is 0. The highest BCUT2D eigenvalue weighted by Crippen LogP contribution is 2.11. The topological polar surface area (TPSA) is 42.7 Å². The second-order valence-corrected chi connectivity index (χ2v) is 5.41. The van der Waals surface area contributed by atoms with Crippen LogP contribution in [0.25, 0.3) is 0 Å². The summed E-state index contributed by atoms with van der Waals surface area (Å²) in [5.41, 5.74) is 2.24. The van der Waals surface area contributed by atoms with Crippen molar-refractivity contribution in [3.8, 4) is 0 Å². The van der Waals surface area contributed by atoms with Gasteiger partial charge in [-0.05, 0) is 26.3 Å². The van der Waals surface area contributed by atoms with Gasteiger partial charge in [-0.1, -0.05) is 35.5 Å². The molecule has 4 heteroatoms. The van der Waals surface area contributed by atoms with E-state index in [0.717, 1.165) is 18.8 Å². The Morgan fingerprint density at radius 2 is 1.83 bits per heavy atom. The van der Waals surface area contributed by atoms with Crippen LogP contribution in [-0.2, 0) is 18.6 Å². The molecule has 0 amide bonds. The fraction of sp³-hybridized carbons (Fsp3) is 0.429. The lowest BCUT2D eigenvalue weighted by Crippen LogP contribution is -2.22. The Balaban J connectivity index is 1.86. The first-order valence-corrected chi connectivity index (χ1v) is 6.22. The van der Waals surface area contributed by atoms with Crippen molar-refractivity contribution < 1.29 is 0 Å². The molecule has 18 heavy (non-hydrogen) atoms. The fourth-order valence-corrected chi connectivity index (χ4v) is 1.64. The van der Waals surface area contributed by atoms with Crippen molar-refractivity contribution in [3.05, 3.63) is 47.8 Å². The first kappa shape index (κ1) is 12.8. The first-order valence-electron chi connectivity index (χ1n) is 6.22. The number of aromatic nitrogens is 3. The monoisotopic (exact) mass is 244 g/mol. The number of rotatable bonds is 4. The summed E-state index contributed by atoms with van der Waals surface area (Å²) < 4.78 is 1.90. The molecule has 0 bridgehead atoms. The van der Waals surface area contributed by atoms with Crippen LogP contribution in [0.5, 0.6) is 0 Å². The van der Waals surface area contributed by atoms with Crippen molar-refractivity contribution >= 4 is 0 Å². The number of benzene rings is 1. The Morgan fingerprint density at radius 1 is 1.11 bits per heavy atom. The predicted molar refractivity (Wildman–Crippen MR) is 72.0 cm³/mol. The van der Waals surface area contributed by atoms with Crippen molar-refractivity contribution in [1.29, 1.82) is 0 Å². The van der Waals surface area contributed by atoms with Crippen LogP contribution in [0, 0.1) is 0 Å². The van der Waals surface area contributed by atoms with Crippen LogP contribution in [0.4, 0.5) is 0 Å². The molecule has 0 atom stereocenters. The van der Waals surface area contributed by atoms with Crippen molar-refractivity contribution in [2.24, 2.45) is 0 Å². The lowest BCUT2D eigenvalue weighted by atomic mass is 10.1. The third kappa shape index (κ3) is 3.40. The van der Waals surface area contributed by atoms with E-state index >= 15 is 0 Å². The van der Waals surface area contributed by atoms with Crippen LogP contribution in [0.15, 0.2) is 36.5 Å². The van der Waals surface area contributed by atoms with Crippen LogP contribution in [0.2, 0.25) is 0 Å². The molecule has 1 heterocycles. The highest BCUT2D eigenvalue weighted by atomic mass is 15.4. The second kappa shape index (κ2) is 5.31. The number of hydrogen-bond donors (Lipinski definition) is 1. The molecular weight excluding hydrogens is 224 g/mol. The second-order valence-electron chi connectivity index (χ2n) is 5.41. The number of hydrogen-bond acceptors (Lipinski definition) is 3. The Hall–Kier alpha value is -1.68. The highest BCUT2D eigenvalue weighted by molar-refractivity contribution is 5.14. The van der Waals surface area contributed by atoms with E-state index < -0.39 is 0 Å². The van der Waals surface area contributed by atoms with Gasteiger partial charge in [0.25, 0.3) is 0 Å². The van der Waals surface area contributed by atoms with E-state index in [1.807, 2.05) is 29.1 Å². The molecule has 96 valence electrons. The minimum Gasteiger partial charge on any atom is -0.307 e. The molecule has 0 fully saturated rings. The molecular formula is C14H20N4. The lowest BCUT2D eigenvalue weighted by molar-refractivity contribution is 0.347. The van der Waals surface area contributed by atoms with Gasteiger partial charge >= 0.3 is 0 Å². The summed E-state index contributed by atoms with van der Waals surface area (Å²) in [4.78, 5) is 0. The summed E-state index contributed by atoms with van der Waals surface area (Å²) in [5, 5.41) is 11.7. The minimum absolute atomic E-state index is 0.00925. The molecule has 0 unspecified atom stereocenters. The number of nitrogens with one attached hydrogen (secondary N) is 1. The molecule has 4 nitrogen and oxygen atoms in total. The summed E-state index contributed by atoms with van der Waals surface area (Å²) in [5.74, 6) is 0. The Labute approximate surface area is 108 Å². The standard InChI is InChI=1S/C14H20N4/c1-14(2,3)18-11-13(16-17-18)10-15-9-12-7-5-4-6-8-12/h4-8,11,15H,9-10H2,1-3H3. The van der Waals surface area contributed by atoms with Crippen LogP contribution < -0.4 is 5.32 Å². The summed E-state index contributed by atoms with van der Waals surface area (Å²) in [6.07, 6.45) is 2.00. The van der Waals surface area contributed by atoms with Gasteiger partial charge in [0.1, 0.15) is 0 Å². The average molecular weight is 244 g/mol. The smallest absolute Gasteiger partial charge is 0.0965 e. The van der Waals surface area contributed by atoms with Gasteiger partial charge in [-0.15, -0.1) is 5.10 Å². The van der Waals surface area contributed by atoms with E-state index in [1.165, 1.54) is 5.56 Å². The Morgan fingerprint density at radius 3 is 2.44 bits per heavy atom. The molecule has 0 saturated carbocycles. The third-order valence-corrected chi connectivity index (χ3v) is 2.71. The van der Waals surface area contributed by atoms with Gasteiger partial charge in [-0.25, -0.2) is 4.68 Å². The maximum Gasteiger partial charge on any atom is 0.0965 e. The van der Waals surface area contributed by atoms with Crippen LogP contribution in [-0.4, -0.2) is 15.0 Å². The third-order valence-electron chi connectivity index (χ3n) is 2.71. The number of nitrogens with zero attached hydrogens (tertiary/aromatic N) is 3. The summed E-state index contributed by atoms with van der Waals surface area (Å²) in [6.45, 7) is 7.93. The van der Waals surface area contributed by atoms with Gasteiger partial charge < -0.3 is 5.32 Å².